The molecule has 1 aromatic heterocycles. The van der Waals surface area contributed by atoms with Crippen LogP contribution < -0.4 is 28.0 Å². The van der Waals surface area contributed by atoms with E-state index in [0.717, 1.165) is 12.1 Å². The van der Waals surface area contributed by atoms with Gasteiger partial charge in [-0.05, 0) is 78.0 Å². The Bertz CT molecular complexity index is 3650. The first-order valence-corrected chi connectivity index (χ1v) is 29.5. The van der Waals surface area contributed by atoms with Crippen molar-refractivity contribution >= 4 is 72.8 Å². The van der Waals surface area contributed by atoms with Gasteiger partial charge in [-0.2, -0.15) is 8.42 Å². The lowest BCUT2D eigenvalue weighted by molar-refractivity contribution is -0.318. The first-order chi connectivity index (χ1) is 42.8. The number of aromatic nitrogens is 1. The number of azide groups is 1. The third-order valence-electron chi connectivity index (χ3n) is 15.3. The number of ether oxygens (including phenoxy) is 9. The summed E-state index contributed by atoms with van der Waals surface area (Å²) in [6.45, 7) is 0.829. The summed E-state index contributed by atoms with van der Waals surface area (Å²) >= 11 is 6.64. The largest absolute Gasteiger partial charge is 0.497 e. The minimum Gasteiger partial charge on any atom is -0.497 e. The van der Waals surface area contributed by atoms with E-state index in [4.69, 9.17) is 63.9 Å². The first kappa shape index (κ1) is 67.0. The Kier molecular flexibility index (Phi) is 20.8. The lowest BCUT2D eigenvalue weighted by Crippen LogP contribution is -2.62. The summed E-state index contributed by atoms with van der Waals surface area (Å²) in [7, 11) is -2.45. The highest BCUT2D eigenvalue weighted by atomic mass is 35.5. The van der Waals surface area contributed by atoms with Crippen molar-refractivity contribution in [3.05, 3.63) is 87.9 Å². The number of aliphatic carboxylic acids is 2. The number of nitrogens with one attached hydrogen (secondary N) is 1. The van der Waals surface area contributed by atoms with Gasteiger partial charge in [0.25, 0.3) is 11.8 Å². The van der Waals surface area contributed by atoms with Gasteiger partial charge in [0.2, 0.25) is 12.6 Å². The Labute approximate surface area is 514 Å². The van der Waals surface area contributed by atoms with E-state index in [9.17, 15) is 70.6 Å². The van der Waals surface area contributed by atoms with Crippen LogP contribution in [0.5, 0.6) is 28.7 Å². The van der Waals surface area contributed by atoms with E-state index in [0.29, 0.717) is 10.9 Å². The Morgan fingerprint density at radius 2 is 1.40 bits per heavy atom. The predicted molar refractivity (Wildman–Crippen MR) is 304 cm³/mol. The van der Waals surface area contributed by atoms with Crippen molar-refractivity contribution in [2.45, 2.75) is 110 Å². The molecule has 90 heavy (non-hydrogen) atoms. The van der Waals surface area contributed by atoms with Crippen molar-refractivity contribution in [3.63, 3.8) is 0 Å². The molecule has 5 aromatic rings. The van der Waals surface area contributed by atoms with E-state index in [1.54, 1.807) is 6.92 Å². The molecule has 12 N–H and O–H groups in total. The molecule has 9 rings (SSSR count). The second kappa shape index (κ2) is 28.0. The number of alkyl halides is 1. The normalized spacial score (nSPS) is 28.4. The highest BCUT2D eigenvalue weighted by Crippen LogP contribution is 2.47. The van der Waals surface area contributed by atoms with Crippen molar-refractivity contribution in [2.24, 2.45) is 5.11 Å². The molecule has 0 aliphatic carbocycles. The van der Waals surface area contributed by atoms with Crippen molar-refractivity contribution in [1.82, 2.24) is 9.88 Å². The number of fused-ring (bicyclic) bond motifs is 4. The van der Waals surface area contributed by atoms with Crippen LogP contribution in [0.4, 0.5) is 5.69 Å². The molecule has 0 saturated carbocycles. The van der Waals surface area contributed by atoms with Gasteiger partial charge in [0.15, 0.2) is 41.5 Å². The third kappa shape index (κ3) is 13.6. The Morgan fingerprint density at radius 3 is 2.04 bits per heavy atom. The lowest BCUT2D eigenvalue weighted by Gasteiger charge is -2.42. The molecule has 5 heterocycles. The van der Waals surface area contributed by atoms with Gasteiger partial charge in [-0.3, -0.25) is 9.59 Å². The number of likely N-dealkylation sites (N-methyl/N-ethyl adjacent to an activating group) is 1. The van der Waals surface area contributed by atoms with E-state index in [-0.39, 0.29) is 95.8 Å². The summed E-state index contributed by atoms with van der Waals surface area (Å²) in [5, 5.41) is 119. The van der Waals surface area contributed by atoms with Crippen molar-refractivity contribution in [3.8, 4) is 28.7 Å². The van der Waals surface area contributed by atoms with Gasteiger partial charge in [-0.1, -0.05) is 5.11 Å². The summed E-state index contributed by atoms with van der Waals surface area (Å²) in [4.78, 5) is 60.2. The van der Waals surface area contributed by atoms with E-state index in [1.165, 1.54) is 72.5 Å². The monoisotopic (exact) mass is 1310 g/mol. The zero-order valence-corrected chi connectivity index (χ0v) is 49.2. The molecule has 488 valence electrons. The van der Waals surface area contributed by atoms with Crippen LogP contribution in [0, 0.1) is 0 Å². The number of halogens is 1. The average Bonchev–Trinajstić information content (AvgIpc) is 1.49. The number of hydrogen-bond donors (Lipinski definition) is 12. The van der Waals surface area contributed by atoms with Crippen LogP contribution in [0.25, 0.3) is 32.1 Å². The predicted octanol–water partition coefficient (Wildman–Crippen LogP) is -0.756. The maximum absolute atomic E-state index is 15.1. The number of carbonyl (C=O) groups excluding carboxylic acids is 2. The van der Waals surface area contributed by atoms with Gasteiger partial charge in [0.1, 0.15) is 77.4 Å². The number of carboxylic acid groups (broad SMARTS) is 2. The fourth-order valence-electron chi connectivity index (χ4n) is 10.5. The topological polar surface area (TPSA) is 488 Å². The molecule has 33 nitrogen and oxygen atoms in total. The number of hydrogen-bond acceptors (Lipinski definition) is 26. The number of anilines is 1. The van der Waals surface area contributed by atoms with Crippen LogP contribution in [-0.2, 0) is 43.4 Å². The smallest absolute Gasteiger partial charge is 0.340 e. The number of aromatic amines is 1. The van der Waals surface area contributed by atoms with Gasteiger partial charge >= 0.3 is 22.1 Å². The highest BCUT2D eigenvalue weighted by molar-refractivity contribution is 7.87. The van der Waals surface area contributed by atoms with Crippen LogP contribution >= 0.6 is 11.6 Å². The quantitative estimate of drug-likeness (QED) is 0.00902. The molecule has 4 aliphatic rings. The minimum atomic E-state index is -5.22. The maximum Gasteiger partial charge on any atom is 0.340 e. The number of amides is 2. The minimum absolute atomic E-state index is 0.0134. The van der Waals surface area contributed by atoms with Gasteiger partial charge in [-0.25, -0.2) is 9.59 Å². The van der Waals surface area contributed by atoms with Crippen molar-refractivity contribution in [2.75, 3.05) is 71.0 Å². The highest BCUT2D eigenvalue weighted by Gasteiger charge is 2.51. The van der Waals surface area contributed by atoms with Crippen molar-refractivity contribution in [1.29, 1.82) is 0 Å². The van der Waals surface area contributed by atoms with Crippen LogP contribution in [0.2, 0.25) is 0 Å². The summed E-state index contributed by atoms with van der Waals surface area (Å²) in [5.74, 6) is -6.81. The SMILES string of the molecule is CCOc1cc2cc(C(=O)N3C[C@@H](CCl)c4c3cc(S(=O)(=O)Oc3cc(C(=O)N(C)CCOCCN=[N+]=[N-])ccc3O[C@@H]3O[C@H](C(=O)O)[C@@H](O)[C@H](O)[C@H]3O)c3ccc(OC)cc43)[nH]c2cc1O[C@@H]1O[C@H](CO[C@@H]2OC(C(=O)O)[C@@H](O)[C@H](O)[C@H]2O)[C@H](O)[C@H](O)[C@H]1O. The van der Waals surface area contributed by atoms with Gasteiger partial charge < -0.3 is 118 Å². The second-order valence-corrected chi connectivity index (χ2v) is 22.9. The first-order valence-electron chi connectivity index (χ1n) is 27.6. The van der Waals surface area contributed by atoms with E-state index in [1.807, 2.05) is 0 Å². The number of carbonyl (C=O) groups is 4. The van der Waals surface area contributed by atoms with Gasteiger partial charge in [-0.15, -0.1) is 11.6 Å². The third-order valence-corrected chi connectivity index (χ3v) is 16.9. The fraction of sp³-hybridized carbons (Fsp3) is 0.491. The zero-order chi connectivity index (χ0) is 65.2. The van der Waals surface area contributed by atoms with Gasteiger partial charge in [0, 0.05) is 77.0 Å². The number of aliphatic hydroxyl groups excluding tert-OH is 9. The molecule has 2 amide bonds. The van der Waals surface area contributed by atoms with Crippen LogP contribution in [0.15, 0.2) is 70.7 Å². The number of rotatable bonds is 24. The number of benzene rings is 4. The molecule has 1 unspecified atom stereocenters. The molecule has 0 spiro atoms. The number of carboxylic acids is 2. The Morgan fingerprint density at radius 1 is 0.756 bits per heavy atom. The molecule has 0 bridgehead atoms. The second-order valence-electron chi connectivity index (χ2n) is 21.0. The maximum atomic E-state index is 15.1. The molecule has 4 aromatic carbocycles. The average molecular weight is 1310 g/mol. The molecule has 3 saturated heterocycles. The lowest BCUT2D eigenvalue weighted by atomic mass is 9.95. The van der Waals surface area contributed by atoms with Gasteiger partial charge in [0.05, 0.1) is 33.5 Å². The summed E-state index contributed by atoms with van der Waals surface area (Å²) in [5.41, 5.74) is 8.93. The Balaban J connectivity index is 1.04. The van der Waals surface area contributed by atoms with Crippen LogP contribution in [0.1, 0.15) is 39.3 Å². The molecule has 0 radical (unpaired) electrons. The van der Waals surface area contributed by atoms with Crippen molar-refractivity contribution < 1.29 is 131 Å². The van der Waals surface area contributed by atoms with E-state index in [2.05, 4.69) is 15.0 Å². The molecule has 35 heteroatoms. The van der Waals surface area contributed by atoms with Crippen LogP contribution in [-0.4, -0.2) is 256 Å². The number of H-pyrrole nitrogens is 1. The fourth-order valence-corrected chi connectivity index (χ4v) is 11.9. The molecule has 16 atom stereocenters. The molecular weight excluding hydrogens is 1240 g/mol. The number of aliphatic hydroxyl groups is 9. The molecule has 3 fully saturated rings. The van der Waals surface area contributed by atoms with E-state index >= 15 is 13.2 Å². The number of nitrogens with zero attached hydrogens (tertiary/aromatic N) is 5. The summed E-state index contributed by atoms with van der Waals surface area (Å²) < 4.78 is 86.5. The Hall–Kier alpha value is -7.45. The number of methoxy groups -OCH3 is 1. The zero-order valence-electron chi connectivity index (χ0n) is 47.6. The molecular formula is C55H63ClN6O27S. The summed E-state index contributed by atoms with van der Waals surface area (Å²) in [6.07, 6.45) is -29.8. The summed E-state index contributed by atoms with van der Waals surface area (Å²) in [6, 6.07) is 13.1. The standard InChI is InChI=1S/C55H63ClN6O27S/c1-4-82-32-15-23-13-29(59-28(23)17-33(32)85-54-45(70)39(64)38(63)35(86-54)21-83-53-44(69)40(65)42(67)47(87-53)51(74)75)50(73)62-20-24(19-56)37-27-16-25(80-3)6-7-26(27)36(18-30(37)62)90(78,79)89-34-14-22(49(72)61(2)10-12-81-11-9-58-60-57)5-8-31(34)84-55-46(71)41(66)43(68)48(88-55)52(76)77/h5-8,13-18,24,35,38-48,53-55,59,63-71H,4,9-12,19-21H2,1-3H3,(H,74,75)(H,76,77)/t24-,35-,38+,39+,40+,41+,42+,43+,44-,45-,46-,47?,48+,53-,54-,55-/m1/s1. The molecule has 4 aliphatic heterocycles. The van der Waals surface area contributed by atoms with E-state index < -0.39 is 155 Å². The van der Waals surface area contributed by atoms with Crippen LogP contribution in [0.3, 0.4) is 0 Å².